The molecule has 0 bridgehead atoms. The lowest BCUT2D eigenvalue weighted by molar-refractivity contribution is -0.121. The van der Waals surface area contributed by atoms with Crippen LogP contribution in [0.3, 0.4) is 0 Å². The number of anilines is 1. The second-order valence-electron chi connectivity index (χ2n) is 5.19. The maximum absolute atomic E-state index is 12.9. The van der Waals surface area contributed by atoms with Gasteiger partial charge in [0.05, 0.1) is 12.8 Å². The van der Waals surface area contributed by atoms with Crippen LogP contribution < -0.4 is 10.2 Å². The lowest BCUT2D eigenvalue weighted by atomic mass is 10.3. The number of halogens is 1. The van der Waals surface area contributed by atoms with Gasteiger partial charge in [-0.05, 0) is 36.4 Å². The molecule has 23 heavy (non-hydrogen) atoms. The Labute approximate surface area is 132 Å². The Hall–Kier alpha value is -2.83. The van der Waals surface area contributed by atoms with Crippen molar-refractivity contribution in [3.8, 4) is 0 Å². The maximum atomic E-state index is 12.9. The number of hydrogen-bond donors (Lipinski definition) is 1. The number of rotatable bonds is 5. The van der Waals surface area contributed by atoms with E-state index in [1.54, 1.807) is 24.3 Å². The standard InChI is InChI=1S/C16H16FN3O3/c17-12-3-5-13(6-4-12)20-8-7-19(16(20)22)11-15(21)18-10-14-2-1-9-23-14/h1-6,9H,7-8,10-11H2,(H,18,21). The average Bonchev–Trinajstić information content (AvgIpc) is 3.18. The first-order valence-corrected chi connectivity index (χ1v) is 7.24. The van der Waals surface area contributed by atoms with Crippen LogP contribution in [-0.2, 0) is 11.3 Å². The van der Waals surface area contributed by atoms with E-state index in [4.69, 9.17) is 4.42 Å². The normalized spacial score (nSPS) is 14.4. The van der Waals surface area contributed by atoms with Gasteiger partial charge in [-0.15, -0.1) is 0 Å². The molecule has 0 saturated carbocycles. The zero-order chi connectivity index (χ0) is 16.2. The fourth-order valence-electron chi connectivity index (χ4n) is 2.42. The molecule has 2 aromatic rings. The summed E-state index contributed by atoms with van der Waals surface area (Å²) < 4.78 is 18.1. The molecule has 1 N–H and O–H groups in total. The molecule has 1 aromatic carbocycles. The summed E-state index contributed by atoms with van der Waals surface area (Å²) in [4.78, 5) is 27.2. The number of nitrogens with zero attached hydrogens (tertiary/aromatic N) is 2. The summed E-state index contributed by atoms with van der Waals surface area (Å²) in [6.45, 7) is 1.19. The molecular formula is C16H16FN3O3. The van der Waals surface area contributed by atoms with Gasteiger partial charge < -0.3 is 14.6 Å². The zero-order valence-corrected chi connectivity index (χ0v) is 12.4. The van der Waals surface area contributed by atoms with Crippen LogP contribution >= 0.6 is 0 Å². The van der Waals surface area contributed by atoms with E-state index in [9.17, 15) is 14.0 Å². The van der Waals surface area contributed by atoms with Crippen molar-refractivity contribution in [1.29, 1.82) is 0 Å². The summed E-state index contributed by atoms with van der Waals surface area (Å²) in [5, 5.41) is 2.70. The molecular weight excluding hydrogens is 301 g/mol. The van der Waals surface area contributed by atoms with Crippen LogP contribution in [-0.4, -0.2) is 36.5 Å². The Morgan fingerprint density at radius 1 is 1.22 bits per heavy atom. The zero-order valence-electron chi connectivity index (χ0n) is 12.4. The van der Waals surface area contributed by atoms with Gasteiger partial charge in [0.15, 0.2) is 0 Å². The van der Waals surface area contributed by atoms with E-state index >= 15 is 0 Å². The number of carbonyl (C=O) groups is 2. The number of furan rings is 1. The van der Waals surface area contributed by atoms with Crippen LogP contribution in [0.4, 0.5) is 14.9 Å². The van der Waals surface area contributed by atoms with Gasteiger partial charge >= 0.3 is 6.03 Å². The second kappa shape index (κ2) is 6.51. The SMILES string of the molecule is O=C(CN1CCN(c2ccc(F)cc2)C1=O)NCc1ccco1. The third-order valence-electron chi connectivity index (χ3n) is 3.61. The van der Waals surface area contributed by atoms with Crippen LogP contribution in [0.1, 0.15) is 5.76 Å². The summed E-state index contributed by atoms with van der Waals surface area (Å²) in [5.74, 6) is 0.0456. The summed E-state index contributed by atoms with van der Waals surface area (Å²) >= 11 is 0. The fourth-order valence-corrected chi connectivity index (χ4v) is 2.42. The Kier molecular flexibility index (Phi) is 4.27. The highest BCUT2D eigenvalue weighted by Gasteiger charge is 2.30. The van der Waals surface area contributed by atoms with Gasteiger partial charge in [-0.25, -0.2) is 9.18 Å². The summed E-state index contributed by atoms with van der Waals surface area (Å²) in [5.41, 5.74) is 0.620. The molecule has 120 valence electrons. The number of urea groups is 1. The van der Waals surface area contributed by atoms with Gasteiger partial charge in [0.2, 0.25) is 5.91 Å². The smallest absolute Gasteiger partial charge is 0.325 e. The summed E-state index contributed by atoms with van der Waals surface area (Å²) in [6, 6.07) is 8.96. The highest BCUT2D eigenvalue weighted by Crippen LogP contribution is 2.20. The highest BCUT2D eigenvalue weighted by molar-refractivity contribution is 5.96. The molecule has 6 nitrogen and oxygen atoms in total. The quantitative estimate of drug-likeness (QED) is 0.917. The van der Waals surface area contributed by atoms with Crippen molar-refractivity contribution in [3.05, 3.63) is 54.2 Å². The molecule has 1 aromatic heterocycles. The maximum Gasteiger partial charge on any atom is 0.325 e. The third-order valence-corrected chi connectivity index (χ3v) is 3.61. The number of nitrogens with one attached hydrogen (secondary N) is 1. The first-order chi connectivity index (χ1) is 11.1. The van der Waals surface area contributed by atoms with Crippen molar-refractivity contribution >= 4 is 17.6 Å². The Morgan fingerprint density at radius 2 is 2.00 bits per heavy atom. The molecule has 3 rings (SSSR count). The van der Waals surface area contributed by atoms with Gasteiger partial charge in [-0.3, -0.25) is 9.69 Å². The monoisotopic (exact) mass is 317 g/mol. The lowest BCUT2D eigenvalue weighted by Crippen LogP contribution is -2.39. The van der Waals surface area contributed by atoms with Gasteiger partial charge in [0, 0.05) is 18.8 Å². The number of amides is 3. The van der Waals surface area contributed by atoms with Crippen LogP contribution in [0.25, 0.3) is 0 Å². The molecule has 0 radical (unpaired) electrons. The van der Waals surface area contributed by atoms with E-state index in [0.29, 0.717) is 24.5 Å². The van der Waals surface area contributed by atoms with Crippen molar-refractivity contribution in [2.45, 2.75) is 6.54 Å². The Balaban J connectivity index is 1.54. The van der Waals surface area contributed by atoms with Crippen LogP contribution in [0.5, 0.6) is 0 Å². The van der Waals surface area contributed by atoms with E-state index in [0.717, 1.165) is 0 Å². The molecule has 1 aliphatic rings. The molecule has 3 amide bonds. The second-order valence-corrected chi connectivity index (χ2v) is 5.19. The van der Waals surface area contributed by atoms with Gasteiger partial charge in [0.1, 0.15) is 18.1 Å². The molecule has 0 spiro atoms. The van der Waals surface area contributed by atoms with E-state index in [2.05, 4.69) is 5.32 Å². The average molecular weight is 317 g/mol. The largest absolute Gasteiger partial charge is 0.467 e. The Bertz CT molecular complexity index is 685. The molecule has 1 aliphatic heterocycles. The molecule has 0 aliphatic carbocycles. The van der Waals surface area contributed by atoms with Crippen LogP contribution in [0.2, 0.25) is 0 Å². The van der Waals surface area contributed by atoms with Crippen molar-refractivity contribution in [3.63, 3.8) is 0 Å². The van der Waals surface area contributed by atoms with Crippen molar-refractivity contribution in [1.82, 2.24) is 10.2 Å². The van der Waals surface area contributed by atoms with Crippen molar-refractivity contribution in [2.75, 3.05) is 24.5 Å². The lowest BCUT2D eigenvalue weighted by Gasteiger charge is -2.18. The first kappa shape index (κ1) is 15.1. The predicted octanol–water partition coefficient (Wildman–Crippen LogP) is 1.98. The third kappa shape index (κ3) is 3.50. The molecule has 0 atom stereocenters. The van der Waals surface area contributed by atoms with E-state index < -0.39 is 0 Å². The van der Waals surface area contributed by atoms with Crippen molar-refractivity contribution in [2.24, 2.45) is 0 Å². The minimum Gasteiger partial charge on any atom is -0.467 e. The predicted molar refractivity (Wildman–Crippen MR) is 81.3 cm³/mol. The van der Waals surface area contributed by atoms with Crippen LogP contribution in [0, 0.1) is 5.82 Å². The summed E-state index contributed by atoms with van der Waals surface area (Å²) in [6.07, 6.45) is 1.53. The van der Waals surface area contributed by atoms with Gasteiger partial charge in [-0.1, -0.05) is 0 Å². The number of carbonyl (C=O) groups excluding carboxylic acids is 2. The van der Waals surface area contributed by atoms with E-state index in [1.807, 2.05) is 0 Å². The number of benzene rings is 1. The summed E-state index contributed by atoms with van der Waals surface area (Å²) in [7, 11) is 0. The molecule has 0 unspecified atom stereocenters. The van der Waals surface area contributed by atoms with Crippen LogP contribution in [0.15, 0.2) is 47.1 Å². The topological polar surface area (TPSA) is 65.8 Å². The minimum atomic E-state index is -0.352. The molecule has 7 heteroatoms. The van der Waals surface area contributed by atoms with E-state index in [-0.39, 0.29) is 30.8 Å². The first-order valence-electron chi connectivity index (χ1n) is 7.24. The number of hydrogen-bond acceptors (Lipinski definition) is 3. The Morgan fingerprint density at radius 3 is 2.70 bits per heavy atom. The minimum absolute atomic E-state index is 0.0166. The molecule has 1 saturated heterocycles. The molecule has 1 fully saturated rings. The highest BCUT2D eigenvalue weighted by atomic mass is 19.1. The van der Waals surface area contributed by atoms with E-state index in [1.165, 1.54) is 28.2 Å². The van der Waals surface area contributed by atoms with Gasteiger partial charge in [-0.2, -0.15) is 0 Å². The fraction of sp³-hybridized carbons (Fsp3) is 0.250. The van der Waals surface area contributed by atoms with Crippen molar-refractivity contribution < 1.29 is 18.4 Å². The molecule has 2 heterocycles. The van der Waals surface area contributed by atoms with Gasteiger partial charge in [0.25, 0.3) is 0 Å².